The molecule has 2 atom stereocenters. The number of sulfonamides is 1. The molecule has 2 rings (SSSR count). The Kier molecular flexibility index (Phi) is 4.82. The van der Waals surface area contributed by atoms with E-state index >= 15 is 0 Å². The Morgan fingerprint density at radius 3 is 2.75 bits per heavy atom. The Labute approximate surface area is 120 Å². The Bertz CT molecular complexity index is 553. The number of aryl methyl sites for hydroxylation is 1. The van der Waals surface area contributed by atoms with Gasteiger partial charge in [0.25, 0.3) is 10.0 Å². The highest BCUT2D eigenvalue weighted by Gasteiger charge is 2.27. The van der Waals surface area contributed by atoms with E-state index < -0.39 is 10.0 Å². The van der Waals surface area contributed by atoms with Crippen LogP contribution in [0.15, 0.2) is 5.03 Å². The van der Waals surface area contributed by atoms with Gasteiger partial charge in [-0.3, -0.25) is 5.10 Å². The fourth-order valence-corrected chi connectivity index (χ4v) is 4.10. The molecule has 1 fully saturated rings. The van der Waals surface area contributed by atoms with Gasteiger partial charge in [0.15, 0.2) is 5.03 Å². The van der Waals surface area contributed by atoms with E-state index in [0.29, 0.717) is 29.6 Å². The average molecular weight is 301 g/mol. The van der Waals surface area contributed by atoms with Crippen LogP contribution in [0.4, 0.5) is 0 Å². The van der Waals surface area contributed by atoms with Crippen molar-refractivity contribution < 1.29 is 13.5 Å². The quantitative estimate of drug-likeness (QED) is 0.764. The van der Waals surface area contributed by atoms with Gasteiger partial charge in [-0.2, -0.15) is 5.10 Å². The van der Waals surface area contributed by atoms with Gasteiger partial charge in [0.05, 0.1) is 6.61 Å². The Hall–Kier alpha value is -0.920. The predicted molar refractivity (Wildman–Crippen MR) is 75.6 cm³/mol. The van der Waals surface area contributed by atoms with Crippen molar-refractivity contribution in [3.05, 3.63) is 11.3 Å². The molecule has 2 unspecified atom stereocenters. The molecule has 1 heterocycles. The summed E-state index contributed by atoms with van der Waals surface area (Å²) in [4.78, 5) is 0. The lowest BCUT2D eigenvalue weighted by Crippen LogP contribution is -2.34. The van der Waals surface area contributed by atoms with E-state index in [1.54, 1.807) is 6.92 Å². The average Bonchev–Trinajstić information content (AvgIpc) is 2.79. The van der Waals surface area contributed by atoms with Crippen LogP contribution in [0.1, 0.15) is 43.9 Å². The molecule has 1 aliphatic rings. The maximum absolute atomic E-state index is 12.3. The van der Waals surface area contributed by atoms with E-state index in [0.717, 1.165) is 12.8 Å². The lowest BCUT2D eigenvalue weighted by atomic mass is 9.81. The predicted octanol–water partition coefficient (Wildman–Crippen LogP) is 1.32. The summed E-state index contributed by atoms with van der Waals surface area (Å²) in [7, 11) is -3.66. The molecule has 114 valence electrons. The number of aliphatic hydroxyl groups is 1. The molecular formula is C13H23N3O3S. The molecule has 3 N–H and O–H groups in total. The number of H-pyrrole nitrogens is 1. The largest absolute Gasteiger partial charge is 0.392 e. The summed E-state index contributed by atoms with van der Waals surface area (Å²) in [6.45, 7) is 3.98. The second kappa shape index (κ2) is 6.24. The number of aromatic nitrogens is 2. The van der Waals surface area contributed by atoms with Crippen molar-refractivity contribution in [2.45, 2.75) is 51.2 Å². The van der Waals surface area contributed by atoms with Crippen molar-refractivity contribution in [3.63, 3.8) is 0 Å². The SMILES string of the molecule is Cc1[nH]nc(S(=O)(=O)NCC2CCCCC2C)c1CO. The standard InChI is InChI=1S/C13H23N3O3S/c1-9-5-3-4-6-11(9)7-14-20(18,19)13-12(8-17)10(2)15-16-13/h9,11,14,17H,3-8H2,1-2H3,(H,15,16). The first-order chi connectivity index (χ1) is 9.45. The van der Waals surface area contributed by atoms with Crippen LogP contribution in [0.25, 0.3) is 0 Å². The van der Waals surface area contributed by atoms with Crippen molar-refractivity contribution >= 4 is 10.0 Å². The van der Waals surface area contributed by atoms with Gasteiger partial charge in [0.2, 0.25) is 0 Å². The minimum absolute atomic E-state index is 0.0824. The first kappa shape index (κ1) is 15.5. The van der Waals surface area contributed by atoms with Crippen LogP contribution in [0.5, 0.6) is 0 Å². The molecule has 0 bridgehead atoms. The third-order valence-electron chi connectivity index (χ3n) is 4.27. The van der Waals surface area contributed by atoms with E-state index in [4.69, 9.17) is 0 Å². The summed E-state index contributed by atoms with van der Waals surface area (Å²) in [6, 6.07) is 0. The van der Waals surface area contributed by atoms with Gasteiger partial charge < -0.3 is 5.11 Å². The number of aromatic amines is 1. The highest BCUT2D eigenvalue weighted by atomic mass is 32.2. The Balaban J connectivity index is 2.07. The first-order valence-corrected chi connectivity index (χ1v) is 8.58. The molecule has 0 radical (unpaired) electrons. The zero-order chi connectivity index (χ0) is 14.8. The number of nitrogens with one attached hydrogen (secondary N) is 2. The summed E-state index contributed by atoms with van der Waals surface area (Å²) in [6.07, 6.45) is 4.63. The third-order valence-corrected chi connectivity index (χ3v) is 5.67. The molecule has 0 aromatic carbocycles. The van der Waals surface area contributed by atoms with E-state index in [-0.39, 0.29) is 11.6 Å². The summed E-state index contributed by atoms with van der Waals surface area (Å²) in [5.41, 5.74) is 0.924. The maximum Gasteiger partial charge on any atom is 0.260 e. The van der Waals surface area contributed by atoms with Crippen LogP contribution in [0, 0.1) is 18.8 Å². The lowest BCUT2D eigenvalue weighted by Gasteiger charge is -2.28. The first-order valence-electron chi connectivity index (χ1n) is 7.10. The molecule has 1 aromatic rings. The molecular weight excluding hydrogens is 278 g/mol. The van der Waals surface area contributed by atoms with Crippen molar-refractivity contribution in [2.24, 2.45) is 11.8 Å². The summed E-state index contributed by atoms with van der Waals surface area (Å²) in [5.74, 6) is 0.931. The van der Waals surface area contributed by atoms with Gasteiger partial charge in [0, 0.05) is 17.8 Å². The van der Waals surface area contributed by atoms with Gasteiger partial charge in [-0.15, -0.1) is 0 Å². The minimum atomic E-state index is -3.66. The number of hydrogen-bond donors (Lipinski definition) is 3. The van der Waals surface area contributed by atoms with Gasteiger partial charge in [-0.1, -0.05) is 26.2 Å². The van der Waals surface area contributed by atoms with Crippen LogP contribution in [0.2, 0.25) is 0 Å². The lowest BCUT2D eigenvalue weighted by molar-refractivity contribution is 0.257. The van der Waals surface area contributed by atoms with Gasteiger partial charge in [-0.25, -0.2) is 13.1 Å². The summed E-state index contributed by atoms with van der Waals surface area (Å²) < 4.78 is 27.2. The molecule has 1 aliphatic carbocycles. The van der Waals surface area contributed by atoms with E-state index in [1.807, 2.05) is 0 Å². The fraction of sp³-hybridized carbons (Fsp3) is 0.769. The zero-order valence-corrected chi connectivity index (χ0v) is 12.8. The van der Waals surface area contributed by atoms with Crippen LogP contribution < -0.4 is 4.72 Å². The Morgan fingerprint density at radius 1 is 1.40 bits per heavy atom. The number of hydrogen-bond acceptors (Lipinski definition) is 4. The van der Waals surface area contributed by atoms with Crippen LogP contribution in [0.3, 0.4) is 0 Å². The highest BCUT2D eigenvalue weighted by molar-refractivity contribution is 7.89. The van der Waals surface area contributed by atoms with Crippen LogP contribution in [-0.2, 0) is 16.6 Å². The molecule has 7 heteroatoms. The Morgan fingerprint density at radius 2 is 2.10 bits per heavy atom. The molecule has 0 amide bonds. The van der Waals surface area contributed by atoms with Crippen molar-refractivity contribution in [1.29, 1.82) is 0 Å². The van der Waals surface area contributed by atoms with Crippen molar-refractivity contribution in [3.8, 4) is 0 Å². The maximum atomic E-state index is 12.3. The van der Waals surface area contributed by atoms with Gasteiger partial charge in [-0.05, 0) is 25.2 Å². The third kappa shape index (κ3) is 3.21. The molecule has 20 heavy (non-hydrogen) atoms. The van der Waals surface area contributed by atoms with Crippen molar-refractivity contribution in [2.75, 3.05) is 6.54 Å². The highest BCUT2D eigenvalue weighted by Crippen LogP contribution is 2.29. The molecule has 1 aromatic heterocycles. The second-order valence-corrected chi connectivity index (χ2v) is 7.35. The van der Waals surface area contributed by atoms with Crippen LogP contribution >= 0.6 is 0 Å². The van der Waals surface area contributed by atoms with E-state index in [9.17, 15) is 13.5 Å². The van der Waals surface area contributed by atoms with E-state index in [2.05, 4.69) is 21.8 Å². The topological polar surface area (TPSA) is 95.1 Å². The fourth-order valence-electron chi connectivity index (χ4n) is 2.82. The summed E-state index contributed by atoms with van der Waals surface area (Å²) in [5, 5.41) is 15.6. The minimum Gasteiger partial charge on any atom is -0.392 e. The number of rotatable bonds is 5. The van der Waals surface area contributed by atoms with Crippen LogP contribution in [-0.4, -0.2) is 30.3 Å². The molecule has 1 saturated carbocycles. The molecule has 0 saturated heterocycles. The van der Waals surface area contributed by atoms with E-state index in [1.165, 1.54) is 12.8 Å². The second-order valence-electron chi connectivity index (χ2n) is 5.66. The molecule has 0 aliphatic heterocycles. The van der Waals surface area contributed by atoms with Crippen molar-refractivity contribution in [1.82, 2.24) is 14.9 Å². The van der Waals surface area contributed by atoms with Gasteiger partial charge in [0.1, 0.15) is 0 Å². The summed E-state index contributed by atoms with van der Waals surface area (Å²) >= 11 is 0. The molecule has 6 nitrogen and oxygen atoms in total. The zero-order valence-electron chi connectivity index (χ0n) is 12.0. The smallest absolute Gasteiger partial charge is 0.260 e. The number of nitrogens with zero attached hydrogens (tertiary/aromatic N) is 1. The van der Waals surface area contributed by atoms with Gasteiger partial charge >= 0.3 is 0 Å². The molecule has 0 spiro atoms. The number of aliphatic hydroxyl groups excluding tert-OH is 1. The normalized spacial score (nSPS) is 23.9. The monoisotopic (exact) mass is 301 g/mol.